The second-order valence-corrected chi connectivity index (χ2v) is 5.34. The van der Waals surface area contributed by atoms with E-state index >= 15 is 0 Å². The van der Waals surface area contributed by atoms with Gasteiger partial charge in [-0.15, -0.1) is 0 Å². The highest BCUT2D eigenvalue weighted by Crippen LogP contribution is 2.14. The van der Waals surface area contributed by atoms with E-state index in [9.17, 15) is 9.90 Å². The Morgan fingerprint density at radius 1 is 1.09 bits per heavy atom. The van der Waals surface area contributed by atoms with Gasteiger partial charge in [-0.05, 0) is 24.1 Å². The molecule has 2 rings (SSSR count). The van der Waals surface area contributed by atoms with Crippen LogP contribution >= 0.6 is 0 Å². The molecule has 2 unspecified atom stereocenters. The Bertz CT molecular complexity index is 587. The molecule has 2 atom stereocenters. The first-order chi connectivity index (χ1) is 10.6. The van der Waals surface area contributed by atoms with Crippen molar-refractivity contribution in [2.45, 2.75) is 18.6 Å². The van der Waals surface area contributed by atoms with E-state index in [1.165, 1.54) is 0 Å². The number of aliphatic hydroxyl groups is 1. The molecule has 1 amide bonds. The van der Waals surface area contributed by atoms with Gasteiger partial charge >= 0.3 is 0 Å². The second-order valence-electron chi connectivity index (χ2n) is 5.34. The molecule has 116 valence electrons. The number of hydrogen-bond acceptors (Lipinski definition) is 3. The summed E-state index contributed by atoms with van der Waals surface area (Å²) in [5.41, 5.74) is 7.28. The average Bonchev–Trinajstić information content (AvgIpc) is 2.59. The monoisotopic (exact) mass is 298 g/mol. The zero-order valence-electron chi connectivity index (χ0n) is 12.7. The molecular formula is C18H22N2O2. The van der Waals surface area contributed by atoms with Gasteiger partial charge in [-0.25, -0.2) is 0 Å². The van der Waals surface area contributed by atoms with E-state index in [0.29, 0.717) is 12.0 Å². The molecule has 0 bridgehead atoms. The summed E-state index contributed by atoms with van der Waals surface area (Å²) in [4.78, 5) is 14.2. The number of aliphatic hydroxyl groups excluding tert-OH is 1. The summed E-state index contributed by atoms with van der Waals surface area (Å²) in [6, 6.07) is 18.5. The van der Waals surface area contributed by atoms with Gasteiger partial charge in [0.05, 0.1) is 12.1 Å². The highest BCUT2D eigenvalue weighted by atomic mass is 16.3. The molecule has 0 heterocycles. The maximum atomic E-state index is 12.6. The predicted molar refractivity (Wildman–Crippen MR) is 87.5 cm³/mol. The minimum Gasteiger partial charge on any atom is -0.390 e. The number of amides is 1. The van der Waals surface area contributed by atoms with Crippen LogP contribution in [-0.2, 0) is 6.42 Å². The topological polar surface area (TPSA) is 66.6 Å². The molecule has 0 spiro atoms. The van der Waals surface area contributed by atoms with Crippen molar-refractivity contribution in [3.05, 3.63) is 71.8 Å². The lowest BCUT2D eigenvalue weighted by Crippen LogP contribution is -2.48. The Balaban J connectivity index is 2.19. The van der Waals surface area contributed by atoms with Crippen molar-refractivity contribution in [2.75, 3.05) is 13.6 Å². The van der Waals surface area contributed by atoms with E-state index in [4.69, 9.17) is 5.73 Å². The van der Waals surface area contributed by atoms with Gasteiger partial charge in [0.2, 0.25) is 0 Å². The Hall–Kier alpha value is -2.17. The summed E-state index contributed by atoms with van der Waals surface area (Å²) in [6.07, 6.45) is -0.202. The van der Waals surface area contributed by atoms with Gasteiger partial charge in [0, 0.05) is 19.2 Å². The van der Waals surface area contributed by atoms with E-state index in [1.807, 2.05) is 48.5 Å². The lowest BCUT2D eigenvalue weighted by Gasteiger charge is -2.32. The Morgan fingerprint density at radius 3 is 2.18 bits per heavy atom. The fourth-order valence-corrected chi connectivity index (χ4v) is 2.48. The normalized spacial score (nSPS) is 13.4. The first-order valence-corrected chi connectivity index (χ1v) is 7.37. The van der Waals surface area contributed by atoms with Crippen LogP contribution in [0.4, 0.5) is 0 Å². The lowest BCUT2D eigenvalue weighted by atomic mass is 9.99. The minimum atomic E-state index is -0.766. The van der Waals surface area contributed by atoms with E-state index < -0.39 is 6.10 Å². The smallest absolute Gasteiger partial charge is 0.253 e. The van der Waals surface area contributed by atoms with E-state index in [0.717, 1.165) is 5.56 Å². The molecule has 0 aromatic heterocycles. The molecule has 0 fully saturated rings. The van der Waals surface area contributed by atoms with Crippen molar-refractivity contribution in [2.24, 2.45) is 5.73 Å². The molecule has 3 N–H and O–H groups in total. The van der Waals surface area contributed by atoms with Crippen LogP contribution in [0.3, 0.4) is 0 Å². The molecule has 4 heteroatoms. The van der Waals surface area contributed by atoms with Gasteiger partial charge in [-0.2, -0.15) is 0 Å². The number of nitrogens with zero attached hydrogens (tertiary/aromatic N) is 1. The zero-order chi connectivity index (χ0) is 15.9. The molecule has 4 nitrogen and oxygen atoms in total. The third-order valence-corrected chi connectivity index (χ3v) is 3.81. The van der Waals surface area contributed by atoms with Crippen molar-refractivity contribution >= 4 is 5.91 Å². The molecule has 2 aromatic carbocycles. The van der Waals surface area contributed by atoms with E-state index in [1.54, 1.807) is 24.1 Å². The second kappa shape index (κ2) is 7.73. The van der Waals surface area contributed by atoms with E-state index in [-0.39, 0.29) is 18.5 Å². The third kappa shape index (κ3) is 3.93. The first-order valence-electron chi connectivity index (χ1n) is 7.37. The maximum absolute atomic E-state index is 12.6. The van der Waals surface area contributed by atoms with Crippen LogP contribution in [0, 0.1) is 0 Å². The first kappa shape index (κ1) is 16.2. The Labute approximate surface area is 131 Å². The lowest BCUT2D eigenvalue weighted by molar-refractivity contribution is 0.0468. The number of rotatable bonds is 6. The molecule has 0 saturated heterocycles. The Morgan fingerprint density at radius 2 is 1.64 bits per heavy atom. The summed E-state index contributed by atoms with van der Waals surface area (Å²) in [6.45, 7) is 0.115. The van der Waals surface area contributed by atoms with Crippen molar-refractivity contribution in [3.8, 4) is 0 Å². The maximum Gasteiger partial charge on any atom is 0.253 e. The molecule has 0 aliphatic carbocycles. The van der Waals surface area contributed by atoms with Crippen LogP contribution in [-0.4, -0.2) is 41.7 Å². The van der Waals surface area contributed by atoms with Crippen molar-refractivity contribution in [1.29, 1.82) is 0 Å². The summed E-state index contributed by atoms with van der Waals surface area (Å²) < 4.78 is 0. The number of hydrogen-bond donors (Lipinski definition) is 2. The summed E-state index contributed by atoms with van der Waals surface area (Å²) in [7, 11) is 1.71. The number of nitrogens with two attached hydrogens (primary N) is 1. The molecular weight excluding hydrogens is 276 g/mol. The molecule has 0 aliphatic rings. The minimum absolute atomic E-state index is 0.115. The predicted octanol–water partition coefficient (Wildman–Crippen LogP) is 1.69. The summed E-state index contributed by atoms with van der Waals surface area (Å²) in [5, 5.41) is 10.2. The third-order valence-electron chi connectivity index (χ3n) is 3.81. The summed E-state index contributed by atoms with van der Waals surface area (Å²) in [5.74, 6) is -0.117. The number of carbonyl (C=O) groups excluding carboxylic acids is 1. The van der Waals surface area contributed by atoms with Crippen molar-refractivity contribution in [3.63, 3.8) is 0 Å². The molecule has 0 saturated carbocycles. The van der Waals surface area contributed by atoms with E-state index in [2.05, 4.69) is 0 Å². The van der Waals surface area contributed by atoms with Gasteiger partial charge in [-0.3, -0.25) is 4.79 Å². The van der Waals surface area contributed by atoms with Gasteiger partial charge in [0.1, 0.15) is 0 Å². The van der Waals surface area contributed by atoms with Crippen LogP contribution in [0.5, 0.6) is 0 Å². The highest BCUT2D eigenvalue weighted by Gasteiger charge is 2.27. The fourth-order valence-electron chi connectivity index (χ4n) is 2.48. The Kier molecular flexibility index (Phi) is 5.69. The van der Waals surface area contributed by atoms with Gasteiger partial charge in [-0.1, -0.05) is 48.5 Å². The quantitative estimate of drug-likeness (QED) is 0.853. The van der Waals surface area contributed by atoms with Crippen molar-refractivity contribution < 1.29 is 9.90 Å². The molecule has 0 aliphatic heterocycles. The zero-order valence-corrected chi connectivity index (χ0v) is 12.7. The average molecular weight is 298 g/mol. The van der Waals surface area contributed by atoms with Crippen LogP contribution in [0.25, 0.3) is 0 Å². The standard InChI is InChI=1S/C18H22N2O2/c1-20(18(22)15-10-6-3-7-11-15)16(17(21)13-19)12-14-8-4-2-5-9-14/h2-11,16-17,21H,12-13,19H2,1H3. The van der Waals surface area contributed by atoms with Gasteiger partial charge in [0.15, 0.2) is 0 Å². The molecule has 2 aromatic rings. The number of carbonyl (C=O) groups is 1. The molecule has 22 heavy (non-hydrogen) atoms. The van der Waals surface area contributed by atoms with Crippen molar-refractivity contribution in [1.82, 2.24) is 4.90 Å². The number of likely N-dealkylation sites (N-methyl/N-ethyl adjacent to an activating group) is 1. The van der Waals surface area contributed by atoms with Gasteiger partial charge in [0.25, 0.3) is 5.91 Å². The van der Waals surface area contributed by atoms with Gasteiger partial charge < -0.3 is 15.7 Å². The summed E-state index contributed by atoms with van der Waals surface area (Å²) >= 11 is 0. The highest BCUT2D eigenvalue weighted by molar-refractivity contribution is 5.94. The van der Waals surface area contributed by atoms with Crippen LogP contribution in [0.1, 0.15) is 15.9 Å². The van der Waals surface area contributed by atoms with Crippen LogP contribution in [0.2, 0.25) is 0 Å². The number of benzene rings is 2. The van der Waals surface area contributed by atoms with Crippen LogP contribution in [0.15, 0.2) is 60.7 Å². The largest absolute Gasteiger partial charge is 0.390 e. The fraction of sp³-hybridized carbons (Fsp3) is 0.278. The van der Waals surface area contributed by atoms with Crippen LogP contribution < -0.4 is 5.73 Å². The SMILES string of the molecule is CN(C(=O)c1ccccc1)C(Cc1ccccc1)C(O)CN. The molecule has 0 radical (unpaired) electrons.